The summed E-state index contributed by atoms with van der Waals surface area (Å²) in [5, 5.41) is 9.46. The Labute approximate surface area is 114 Å². The van der Waals surface area contributed by atoms with E-state index < -0.39 is 11.4 Å². The number of carboxylic acids is 1. The van der Waals surface area contributed by atoms with Crippen molar-refractivity contribution >= 4 is 5.97 Å². The average molecular weight is 262 g/mol. The van der Waals surface area contributed by atoms with Crippen LogP contribution in [0, 0.1) is 5.41 Å². The van der Waals surface area contributed by atoms with Gasteiger partial charge in [0.25, 0.3) is 0 Å². The van der Waals surface area contributed by atoms with E-state index in [1.165, 1.54) is 0 Å². The lowest BCUT2D eigenvalue weighted by molar-refractivity contribution is -0.152. The second kappa shape index (κ2) is 6.15. The second-order valence-corrected chi connectivity index (χ2v) is 5.43. The van der Waals surface area contributed by atoms with Gasteiger partial charge in [-0.2, -0.15) is 0 Å². The van der Waals surface area contributed by atoms with Crippen molar-refractivity contribution in [2.75, 3.05) is 13.1 Å². The van der Waals surface area contributed by atoms with Crippen molar-refractivity contribution < 1.29 is 9.90 Å². The van der Waals surface area contributed by atoms with Crippen molar-refractivity contribution in [1.82, 2.24) is 9.88 Å². The molecule has 0 aromatic carbocycles. The maximum atomic E-state index is 11.5. The minimum Gasteiger partial charge on any atom is -0.481 e. The number of pyridine rings is 1. The molecule has 1 aliphatic heterocycles. The van der Waals surface area contributed by atoms with E-state index in [9.17, 15) is 9.90 Å². The van der Waals surface area contributed by atoms with Crippen LogP contribution >= 0.6 is 0 Å². The molecule has 19 heavy (non-hydrogen) atoms. The second-order valence-electron chi connectivity index (χ2n) is 5.43. The lowest BCUT2D eigenvalue weighted by atomic mass is 9.75. The summed E-state index contributed by atoms with van der Waals surface area (Å²) in [7, 11) is 0. The Hall–Kier alpha value is -1.42. The Bertz CT molecular complexity index is 411. The van der Waals surface area contributed by atoms with E-state index in [1.54, 1.807) is 6.20 Å². The summed E-state index contributed by atoms with van der Waals surface area (Å²) in [5.74, 6) is -0.619. The van der Waals surface area contributed by atoms with E-state index in [-0.39, 0.29) is 0 Å². The first-order valence-electron chi connectivity index (χ1n) is 7.02. The Balaban J connectivity index is 1.93. The first kappa shape index (κ1) is 14.0. The van der Waals surface area contributed by atoms with E-state index in [4.69, 9.17) is 0 Å². The van der Waals surface area contributed by atoms with Crippen LogP contribution < -0.4 is 0 Å². The number of hydrogen-bond acceptors (Lipinski definition) is 3. The fourth-order valence-electron chi connectivity index (χ4n) is 2.91. The van der Waals surface area contributed by atoms with Crippen LogP contribution in [-0.2, 0) is 11.3 Å². The zero-order valence-electron chi connectivity index (χ0n) is 11.5. The molecule has 2 rings (SSSR count). The van der Waals surface area contributed by atoms with Crippen molar-refractivity contribution in [1.29, 1.82) is 0 Å². The third-order valence-corrected chi connectivity index (χ3v) is 4.11. The first-order chi connectivity index (χ1) is 9.16. The number of aromatic nitrogens is 1. The number of hydrogen-bond donors (Lipinski definition) is 1. The highest BCUT2D eigenvalue weighted by atomic mass is 16.4. The van der Waals surface area contributed by atoms with E-state index in [0.717, 1.165) is 51.0 Å². The number of carbonyl (C=O) groups is 1. The summed E-state index contributed by atoms with van der Waals surface area (Å²) >= 11 is 0. The monoisotopic (exact) mass is 262 g/mol. The van der Waals surface area contributed by atoms with Gasteiger partial charge in [0.05, 0.1) is 11.1 Å². The van der Waals surface area contributed by atoms with Crippen LogP contribution in [0.3, 0.4) is 0 Å². The van der Waals surface area contributed by atoms with Crippen LogP contribution in [-0.4, -0.2) is 34.0 Å². The number of aliphatic carboxylic acids is 1. The van der Waals surface area contributed by atoms with Crippen LogP contribution in [0.15, 0.2) is 24.4 Å². The number of nitrogens with zero attached hydrogens (tertiary/aromatic N) is 2. The maximum Gasteiger partial charge on any atom is 0.309 e. The first-order valence-corrected chi connectivity index (χ1v) is 7.02. The molecule has 1 N–H and O–H groups in total. The predicted octanol–water partition coefficient (Wildman–Crippen LogP) is 2.55. The normalized spacial score (nSPS) is 19.2. The lowest BCUT2D eigenvalue weighted by Gasteiger charge is -2.38. The van der Waals surface area contributed by atoms with Gasteiger partial charge in [-0.05, 0) is 44.5 Å². The van der Waals surface area contributed by atoms with Crippen LogP contribution in [0.4, 0.5) is 0 Å². The standard InChI is InChI=1S/C15H22N2O2/c1-2-6-15(14(18)19)7-10-17(11-8-15)12-13-5-3-4-9-16-13/h3-5,9H,2,6-8,10-12H2,1H3,(H,18,19). The van der Waals surface area contributed by atoms with Crippen molar-refractivity contribution in [3.05, 3.63) is 30.1 Å². The van der Waals surface area contributed by atoms with Gasteiger partial charge in [-0.3, -0.25) is 14.7 Å². The van der Waals surface area contributed by atoms with Gasteiger partial charge in [-0.25, -0.2) is 0 Å². The van der Waals surface area contributed by atoms with Gasteiger partial charge in [0.2, 0.25) is 0 Å². The molecule has 0 amide bonds. The lowest BCUT2D eigenvalue weighted by Crippen LogP contribution is -2.44. The molecule has 4 heteroatoms. The fourth-order valence-corrected chi connectivity index (χ4v) is 2.91. The van der Waals surface area contributed by atoms with Gasteiger partial charge < -0.3 is 5.11 Å². The summed E-state index contributed by atoms with van der Waals surface area (Å²) < 4.78 is 0. The number of rotatable bonds is 5. The molecule has 1 saturated heterocycles. The van der Waals surface area contributed by atoms with Crippen molar-refractivity contribution in [2.45, 2.75) is 39.2 Å². The fraction of sp³-hybridized carbons (Fsp3) is 0.600. The smallest absolute Gasteiger partial charge is 0.309 e. The molecule has 104 valence electrons. The highest BCUT2D eigenvalue weighted by molar-refractivity contribution is 5.74. The Morgan fingerprint density at radius 3 is 2.68 bits per heavy atom. The molecule has 1 fully saturated rings. The predicted molar refractivity (Wildman–Crippen MR) is 73.7 cm³/mol. The Morgan fingerprint density at radius 2 is 2.16 bits per heavy atom. The van der Waals surface area contributed by atoms with E-state index in [0.29, 0.717) is 0 Å². The average Bonchev–Trinajstić information content (AvgIpc) is 2.42. The molecule has 2 heterocycles. The van der Waals surface area contributed by atoms with Crippen LogP contribution in [0.5, 0.6) is 0 Å². The highest BCUT2D eigenvalue weighted by Gasteiger charge is 2.40. The van der Waals surface area contributed by atoms with Gasteiger partial charge in [-0.1, -0.05) is 19.4 Å². The van der Waals surface area contributed by atoms with Gasteiger partial charge >= 0.3 is 5.97 Å². The van der Waals surface area contributed by atoms with Crippen molar-refractivity contribution in [3.8, 4) is 0 Å². The molecule has 0 spiro atoms. The number of piperidine rings is 1. The van der Waals surface area contributed by atoms with E-state index >= 15 is 0 Å². The zero-order valence-corrected chi connectivity index (χ0v) is 11.5. The number of carboxylic acid groups (broad SMARTS) is 1. The molecule has 1 aromatic rings. The van der Waals surface area contributed by atoms with Crippen LogP contribution in [0.1, 0.15) is 38.3 Å². The van der Waals surface area contributed by atoms with Gasteiger partial charge in [0.1, 0.15) is 0 Å². The van der Waals surface area contributed by atoms with Crippen molar-refractivity contribution in [2.24, 2.45) is 5.41 Å². The number of likely N-dealkylation sites (tertiary alicyclic amines) is 1. The summed E-state index contributed by atoms with van der Waals surface area (Å²) in [4.78, 5) is 18.1. The highest BCUT2D eigenvalue weighted by Crippen LogP contribution is 2.36. The molecule has 0 bridgehead atoms. The summed E-state index contributed by atoms with van der Waals surface area (Å²) in [6.45, 7) is 4.58. The molecule has 0 unspecified atom stereocenters. The van der Waals surface area contributed by atoms with Gasteiger partial charge in [-0.15, -0.1) is 0 Å². The summed E-state index contributed by atoms with van der Waals surface area (Å²) in [6.07, 6.45) is 5.04. The largest absolute Gasteiger partial charge is 0.481 e. The van der Waals surface area contributed by atoms with Crippen LogP contribution in [0.25, 0.3) is 0 Å². The van der Waals surface area contributed by atoms with Crippen molar-refractivity contribution in [3.63, 3.8) is 0 Å². The third-order valence-electron chi connectivity index (χ3n) is 4.11. The quantitative estimate of drug-likeness (QED) is 0.886. The third kappa shape index (κ3) is 3.32. The molecule has 1 aliphatic rings. The molecule has 0 aliphatic carbocycles. The maximum absolute atomic E-state index is 11.5. The molecule has 0 saturated carbocycles. The van der Waals surface area contributed by atoms with Gasteiger partial charge in [0, 0.05) is 12.7 Å². The Kier molecular flexibility index (Phi) is 4.53. The molecular formula is C15H22N2O2. The molecule has 0 radical (unpaired) electrons. The molecule has 1 aromatic heterocycles. The zero-order chi connectivity index (χ0) is 13.7. The molecule has 0 atom stereocenters. The topological polar surface area (TPSA) is 53.4 Å². The summed E-state index contributed by atoms with van der Waals surface area (Å²) in [5.41, 5.74) is 0.566. The Morgan fingerprint density at radius 1 is 1.42 bits per heavy atom. The van der Waals surface area contributed by atoms with Crippen LogP contribution in [0.2, 0.25) is 0 Å². The van der Waals surface area contributed by atoms with E-state index in [1.807, 2.05) is 18.2 Å². The molecular weight excluding hydrogens is 240 g/mol. The summed E-state index contributed by atoms with van der Waals surface area (Å²) in [6, 6.07) is 5.92. The minimum absolute atomic E-state index is 0.491. The SMILES string of the molecule is CCCC1(C(=O)O)CCN(Cc2ccccn2)CC1. The van der Waals surface area contributed by atoms with Gasteiger partial charge in [0.15, 0.2) is 0 Å². The van der Waals surface area contributed by atoms with E-state index in [2.05, 4.69) is 16.8 Å². The minimum atomic E-state index is -0.619. The molecule has 4 nitrogen and oxygen atoms in total.